The third-order valence-electron chi connectivity index (χ3n) is 3.79. The maximum absolute atomic E-state index is 10.0. The highest BCUT2D eigenvalue weighted by molar-refractivity contribution is 4.93. The fourth-order valence-corrected chi connectivity index (χ4v) is 2.73. The highest BCUT2D eigenvalue weighted by Crippen LogP contribution is 2.23. The van der Waals surface area contributed by atoms with E-state index < -0.39 is 0 Å². The van der Waals surface area contributed by atoms with Crippen LogP contribution < -0.4 is 0 Å². The zero-order valence-corrected chi connectivity index (χ0v) is 10.8. The SMILES string of the molecule is CCn1ccnc1CN(C)C1CCCCC1O. The molecule has 1 aromatic heterocycles. The molecule has 1 saturated carbocycles. The van der Waals surface area contributed by atoms with E-state index in [1.165, 1.54) is 6.42 Å². The third kappa shape index (κ3) is 2.87. The second kappa shape index (κ2) is 5.65. The van der Waals surface area contributed by atoms with Gasteiger partial charge in [-0.3, -0.25) is 4.90 Å². The van der Waals surface area contributed by atoms with Gasteiger partial charge in [-0.15, -0.1) is 0 Å². The van der Waals surface area contributed by atoms with Crippen LogP contribution >= 0.6 is 0 Å². The van der Waals surface area contributed by atoms with E-state index in [2.05, 4.69) is 28.4 Å². The minimum absolute atomic E-state index is 0.168. The number of aromatic nitrogens is 2. The molecule has 2 atom stereocenters. The normalized spacial score (nSPS) is 25.4. The second-order valence-corrected chi connectivity index (χ2v) is 4.96. The molecule has 0 saturated heterocycles. The van der Waals surface area contributed by atoms with Gasteiger partial charge in [-0.25, -0.2) is 4.98 Å². The van der Waals surface area contributed by atoms with E-state index >= 15 is 0 Å². The number of hydrogen-bond acceptors (Lipinski definition) is 3. The molecule has 2 rings (SSSR count). The molecule has 0 spiro atoms. The maximum atomic E-state index is 10.0. The molecule has 1 N–H and O–H groups in total. The minimum atomic E-state index is -0.168. The molecule has 0 radical (unpaired) electrons. The zero-order chi connectivity index (χ0) is 12.3. The van der Waals surface area contributed by atoms with Gasteiger partial charge < -0.3 is 9.67 Å². The molecule has 0 aromatic carbocycles. The lowest BCUT2D eigenvalue weighted by Crippen LogP contribution is -2.43. The van der Waals surface area contributed by atoms with Crippen LogP contribution in [0.25, 0.3) is 0 Å². The van der Waals surface area contributed by atoms with Crippen molar-refractivity contribution in [2.24, 2.45) is 0 Å². The van der Waals surface area contributed by atoms with E-state index in [0.29, 0.717) is 6.04 Å². The van der Waals surface area contributed by atoms with Crippen molar-refractivity contribution < 1.29 is 5.11 Å². The first kappa shape index (κ1) is 12.6. The van der Waals surface area contributed by atoms with Crippen molar-refractivity contribution in [3.63, 3.8) is 0 Å². The minimum Gasteiger partial charge on any atom is -0.391 e. The van der Waals surface area contributed by atoms with Gasteiger partial charge in [0, 0.05) is 25.0 Å². The molecule has 1 fully saturated rings. The van der Waals surface area contributed by atoms with Crippen molar-refractivity contribution in [3.05, 3.63) is 18.2 Å². The fraction of sp³-hybridized carbons (Fsp3) is 0.769. The number of rotatable bonds is 4. The molecule has 4 heteroatoms. The van der Waals surface area contributed by atoms with Gasteiger partial charge in [-0.2, -0.15) is 0 Å². The summed E-state index contributed by atoms with van der Waals surface area (Å²) in [4.78, 5) is 6.63. The first-order valence-corrected chi connectivity index (χ1v) is 6.60. The quantitative estimate of drug-likeness (QED) is 0.865. The van der Waals surface area contributed by atoms with E-state index in [-0.39, 0.29) is 6.10 Å². The molecule has 0 bridgehead atoms. The largest absolute Gasteiger partial charge is 0.391 e. The number of aliphatic hydroxyl groups excluding tert-OH is 1. The van der Waals surface area contributed by atoms with Crippen LogP contribution in [0.4, 0.5) is 0 Å². The average molecular weight is 237 g/mol. The molecule has 4 nitrogen and oxygen atoms in total. The monoisotopic (exact) mass is 237 g/mol. The lowest BCUT2D eigenvalue weighted by Gasteiger charge is -2.35. The van der Waals surface area contributed by atoms with Crippen LogP contribution in [0.1, 0.15) is 38.4 Å². The zero-order valence-electron chi connectivity index (χ0n) is 10.8. The summed E-state index contributed by atoms with van der Waals surface area (Å²) in [7, 11) is 2.09. The maximum Gasteiger partial charge on any atom is 0.122 e. The topological polar surface area (TPSA) is 41.3 Å². The van der Waals surface area contributed by atoms with Gasteiger partial charge in [0.05, 0.1) is 12.6 Å². The highest BCUT2D eigenvalue weighted by Gasteiger charge is 2.27. The smallest absolute Gasteiger partial charge is 0.122 e. The van der Waals surface area contributed by atoms with Crippen LogP contribution in [0.3, 0.4) is 0 Å². The van der Waals surface area contributed by atoms with E-state index in [4.69, 9.17) is 0 Å². The van der Waals surface area contributed by atoms with Gasteiger partial charge in [0.15, 0.2) is 0 Å². The summed E-state index contributed by atoms with van der Waals surface area (Å²) in [6, 6.07) is 0.297. The molecule has 0 amide bonds. The van der Waals surface area contributed by atoms with Crippen molar-refractivity contribution >= 4 is 0 Å². The van der Waals surface area contributed by atoms with Gasteiger partial charge in [0.1, 0.15) is 5.82 Å². The van der Waals surface area contributed by atoms with Crippen molar-refractivity contribution in [1.82, 2.24) is 14.5 Å². The third-order valence-corrected chi connectivity index (χ3v) is 3.79. The Kier molecular flexibility index (Phi) is 4.18. The van der Waals surface area contributed by atoms with Crippen LogP contribution in [-0.4, -0.2) is 38.8 Å². The number of imidazole rings is 1. The van der Waals surface area contributed by atoms with E-state index in [1.807, 2.05) is 12.4 Å². The van der Waals surface area contributed by atoms with Crippen LogP contribution in [0.15, 0.2) is 12.4 Å². The van der Waals surface area contributed by atoms with Crippen molar-refractivity contribution in [3.8, 4) is 0 Å². The second-order valence-electron chi connectivity index (χ2n) is 4.96. The Balaban J connectivity index is 1.98. The number of likely N-dealkylation sites (N-methyl/N-ethyl adjacent to an activating group) is 1. The summed E-state index contributed by atoms with van der Waals surface area (Å²) in [6.45, 7) is 3.90. The Morgan fingerprint density at radius 2 is 2.24 bits per heavy atom. The van der Waals surface area contributed by atoms with E-state index in [0.717, 1.165) is 38.2 Å². The van der Waals surface area contributed by atoms with Crippen LogP contribution in [0, 0.1) is 0 Å². The Labute approximate surface area is 103 Å². The van der Waals surface area contributed by atoms with Gasteiger partial charge in [0.2, 0.25) is 0 Å². The van der Waals surface area contributed by atoms with Crippen molar-refractivity contribution in [1.29, 1.82) is 0 Å². The molecular weight excluding hydrogens is 214 g/mol. The fourth-order valence-electron chi connectivity index (χ4n) is 2.73. The number of hydrogen-bond donors (Lipinski definition) is 1. The Morgan fingerprint density at radius 3 is 2.94 bits per heavy atom. The van der Waals surface area contributed by atoms with Crippen LogP contribution in [-0.2, 0) is 13.1 Å². The molecule has 1 aliphatic rings. The standard InChI is InChI=1S/C13H23N3O/c1-3-16-9-8-14-13(16)10-15(2)11-6-4-5-7-12(11)17/h8-9,11-12,17H,3-7,10H2,1-2H3. The summed E-state index contributed by atoms with van der Waals surface area (Å²) >= 11 is 0. The predicted octanol–water partition coefficient (Wildman–Crippen LogP) is 1.64. The molecule has 2 unspecified atom stereocenters. The Bertz CT molecular complexity index is 350. The summed E-state index contributed by atoms with van der Waals surface area (Å²) in [5.74, 6) is 1.09. The summed E-state index contributed by atoms with van der Waals surface area (Å²) in [6.07, 6.45) is 8.13. The number of aryl methyl sites for hydroxylation is 1. The first-order chi connectivity index (χ1) is 8.22. The lowest BCUT2D eigenvalue weighted by molar-refractivity contribution is 0.0274. The molecule has 96 valence electrons. The molecule has 0 aliphatic heterocycles. The lowest BCUT2D eigenvalue weighted by atomic mass is 9.91. The summed E-state index contributed by atoms with van der Waals surface area (Å²) in [5.41, 5.74) is 0. The molecule has 17 heavy (non-hydrogen) atoms. The van der Waals surface area contributed by atoms with E-state index in [9.17, 15) is 5.11 Å². The van der Waals surface area contributed by atoms with Gasteiger partial charge in [-0.05, 0) is 26.8 Å². The first-order valence-electron chi connectivity index (χ1n) is 6.60. The average Bonchev–Trinajstić information content (AvgIpc) is 2.76. The van der Waals surface area contributed by atoms with Crippen LogP contribution in [0.2, 0.25) is 0 Å². The predicted molar refractivity (Wildman–Crippen MR) is 67.6 cm³/mol. The van der Waals surface area contributed by atoms with Gasteiger partial charge in [-0.1, -0.05) is 12.8 Å². The Hall–Kier alpha value is -0.870. The van der Waals surface area contributed by atoms with Crippen molar-refractivity contribution in [2.75, 3.05) is 7.05 Å². The molecule has 1 aliphatic carbocycles. The van der Waals surface area contributed by atoms with Gasteiger partial charge in [0.25, 0.3) is 0 Å². The number of nitrogens with zero attached hydrogens (tertiary/aromatic N) is 3. The van der Waals surface area contributed by atoms with Gasteiger partial charge >= 0.3 is 0 Å². The molecule has 1 heterocycles. The number of aliphatic hydroxyl groups is 1. The highest BCUT2D eigenvalue weighted by atomic mass is 16.3. The summed E-state index contributed by atoms with van der Waals surface area (Å²) in [5, 5.41) is 10.0. The van der Waals surface area contributed by atoms with E-state index in [1.54, 1.807) is 0 Å². The Morgan fingerprint density at radius 1 is 1.47 bits per heavy atom. The summed E-state index contributed by atoms with van der Waals surface area (Å²) < 4.78 is 2.16. The van der Waals surface area contributed by atoms with Crippen LogP contribution in [0.5, 0.6) is 0 Å². The molecular formula is C13H23N3O. The molecule has 1 aromatic rings. The van der Waals surface area contributed by atoms with Crippen molar-refractivity contribution in [2.45, 2.75) is 57.8 Å².